The van der Waals surface area contributed by atoms with E-state index in [9.17, 15) is 9.90 Å². The molecule has 1 aliphatic rings. The Morgan fingerprint density at radius 1 is 1.24 bits per heavy atom. The monoisotopic (exact) mass is 298 g/mol. The van der Waals surface area contributed by atoms with E-state index in [0.29, 0.717) is 18.4 Å². The van der Waals surface area contributed by atoms with Crippen molar-refractivity contribution in [2.24, 2.45) is 17.3 Å². The number of carboxylic acids is 1. The third-order valence-corrected chi connectivity index (χ3v) is 4.70. The average Bonchev–Trinajstić information content (AvgIpc) is 2.38. The zero-order valence-corrected chi connectivity index (χ0v) is 14.6. The van der Waals surface area contributed by atoms with Gasteiger partial charge in [0.15, 0.2) is 0 Å². The van der Waals surface area contributed by atoms with Gasteiger partial charge in [0.2, 0.25) is 0 Å². The number of carbonyl (C=O) groups is 1. The van der Waals surface area contributed by atoms with Crippen LogP contribution in [0.1, 0.15) is 46.5 Å². The molecule has 4 heteroatoms. The molecule has 1 saturated carbocycles. The number of hydrogen-bond acceptors (Lipinski definition) is 3. The van der Waals surface area contributed by atoms with Crippen LogP contribution in [0, 0.1) is 17.3 Å². The molecule has 0 spiro atoms. The van der Waals surface area contributed by atoms with E-state index in [4.69, 9.17) is 0 Å². The van der Waals surface area contributed by atoms with Crippen molar-refractivity contribution in [1.29, 1.82) is 0 Å². The summed E-state index contributed by atoms with van der Waals surface area (Å²) >= 11 is 0. The first-order valence-corrected chi connectivity index (χ1v) is 8.35. The molecule has 1 aliphatic carbocycles. The van der Waals surface area contributed by atoms with Crippen molar-refractivity contribution in [1.82, 2.24) is 9.80 Å². The van der Waals surface area contributed by atoms with Gasteiger partial charge in [-0.3, -0.25) is 4.79 Å². The van der Waals surface area contributed by atoms with Crippen molar-refractivity contribution < 1.29 is 9.90 Å². The zero-order valence-electron chi connectivity index (χ0n) is 14.6. The Morgan fingerprint density at radius 2 is 1.81 bits per heavy atom. The van der Waals surface area contributed by atoms with Crippen molar-refractivity contribution in [3.05, 3.63) is 0 Å². The van der Waals surface area contributed by atoms with Gasteiger partial charge in [-0.25, -0.2) is 0 Å². The van der Waals surface area contributed by atoms with Crippen LogP contribution in [0.25, 0.3) is 0 Å². The summed E-state index contributed by atoms with van der Waals surface area (Å²) in [5.41, 5.74) is -0.520. The van der Waals surface area contributed by atoms with Gasteiger partial charge < -0.3 is 14.9 Å². The van der Waals surface area contributed by atoms with E-state index in [1.54, 1.807) is 0 Å². The van der Waals surface area contributed by atoms with Gasteiger partial charge in [0.1, 0.15) is 0 Å². The topological polar surface area (TPSA) is 43.8 Å². The largest absolute Gasteiger partial charge is 0.481 e. The van der Waals surface area contributed by atoms with Crippen molar-refractivity contribution in [2.45, 2.75) is 46.5 Å². The minimum absolute atomic E-state index is 0.520. The second-order valence-corrected chi connectivity index (χ2v) is 7.70. The zero-order chi connectivity index (χ0) is 16.0. The van der Waals surface area contributed by atoms with Crippen molar-refractivity contribution in [3.8, 4) is 0 Å². The van der Waals surface area contributed by atoms with Gasteiger partial charge in [-0.2, -0.15) is 0 Å². The standard InChI is InChI=1S/C17H34N2O2/c1-14(2)12-19(11-10-18(4)5)13-17(16(20)21)8-6-15(3)7-9-17/h14-15H,6-13H2,1-5H3,(H,20,21). The Balaban J connectivity index is 2.73. The van der Waals surface area contributed by atoms with Crippen LogP contribution in [0.4, 0.5) is 0 Å². The van der Waals surface area contributed by atoms with Crippen molar-refractivity contribution in [3.63, 3.8) is 0 Å². The maximum Gasteiger partial charge on any atom is 0.310 e. The fourth-order valence-corrected chi connectivity index (χ4v) is 3.28. The highest BCUT2D eigenvalue weighted by Crippen LogP contribution is 2.40. The molecule has 0 bridgehead atoms. The molecule has 0 unspecified atom stereocenters. The van der Waals surface area contributed by atoms with Crippen LogP contribution in [0.3, 0.4) is 0 Å². The Labute approximate surface area is 130 Å². The highest BCUT2D eigenvalue weighted by atomic mass is 16.4. The second-order valence-electron chi connectivity index (χ2n) is 7.70. The fourth-order valence-electron chi connectivity index (χ4n) is 3.28. The maximum atomic E-state index is 11.9. The highest BCUT2D eigenvalue weighted by molar-refractivity contribution is 5.75. The summed E-state index contributed by atoms with van der Waals surface area (Å²) in [7, 11) is 4.14. The van der Waals surface area contributed by atoms with Crippen LogP contribution in [0.5, 0.6) is 0 Å². The molecule has 1 fully saturated rings. The Kier molecular flexibility index (Phi) is 7.14. The van der Waals surface area contributed by atoms with E-state index in [2.05, 4.69) is 44.7 Å². The molecule has 1 N–H and O–H groups in total. The van der Waals surface area contributed by atoms with E-state index in [1.807, 2.05) is 0 Å². The molecule has 0 aromatic heterocycles. The molecule has 0 aromatic rings. The Morgan fingerprint density at radius 3 is 2.24 bits per heavy atom. The van der Waals surface area contributed by atoms with Crippen LogP contribution in [-0.2, 0) is 4.79 Å². The summed E-state index contributed by atoms with van der Waals surface area (Å²) in [5, 5.41) is 9.80. The number of carboxylic acid groups (broad SMARTS) is 1. The van der Waals surface area contributed by atoms with E-state index < -0.39 is 11.4 Å². The van der Waals surface area contributed by atoms with Gasteiger partial charge in [0.05, 0.1) is 5.41 Å². The maximum absolute atomic E-state index is 11.9. The summed E-state index contributed by atoms with van der Waals surface area (Å²) in [6.45, 7) is 10.3. The van der Waals surface area contributed by atoms with E-state index in [0.717, 1.165) is 45.3 Å². The molecule has 0 radical (unpaired) electrons. The first-order chi connectivity index (χ1) is 9.75. The Bertz CT molecular complexity index is 321. The molecule has 0 aromatic carbocycles. The predicted octanol–water partition coefficient (Wildman–Crippen LogP) is 2.79. The summed E-state index contributed by atoms with van der Waals surface area (Å²) in [6.07, 6.45) is 3.77. The predicted molar refractivity (Wildman–Crippen MR) is 87.5 cm³/mol. The third-order valence-electron chi connectivity index (χ3n) is 4.70. The number of likely N-dealkylation sites (N-methyl/N-ethyl adjacent to an activating group) is 1. The van der Waals surface area contributed by atoms with Crippen LogP contribution < -0.4 is 0 Å². The van der Waals surface area contributed by atoms with Crippen LogP contribution in [0.15, 0.2) is 0 Å². The minimum Gasteiger partial charge on any atom is -0.481 e. The molecule has 0 amide bonds. The van der Waals surface area contributed by atoms with Crippen LogP contribution in [0.2, 0.25) is 0 Å². The van der Waals surface area contributed by atoms with Gasteiger partial charge in [-0.15, -0.1) is 0 Å². The molecule has 4 nitrogen and oxygen atoms in total. The smallest absolute Gasteiger partial charge is 0.310 e. The Hall–Kier alpha value is -0.610. The summed E-state index contributed by atoms with van der Waals surface area (Å²) < 4.78 is 0. The van der Waals surface area contributed by atoms with Crippen LogP contribution in [-0.4, -0.2) is 61.2 Å². The van der Waals surface area contributed by atoms with Gasteiger partial charge in [0, 0.05) is 26.2 Å². The number of hydrogen-bond donors (Lipinski definition) is 1. The number of aliphatic carboxylic acids is 1. The molecule has 21 heavy (non-hydrogen) atoms. The first kappa shape index (κ1) is 18.4. The van der Waals surface area contributed by atoms with Crippen LogP contribution >= 0.6 is 0 Å². The third kappa shape index (κ3) is 5.95. The first-order valence-electron chi connectivity index (χ1n) is 8.35. The summed E-state index contributed by atoms with van der Waals surface area (Å²) in [5.74, 6) is 0.659. The number of rotatable bonds is 8. The van der Waals surface area contributed by atoms with E-state index in [1.165, 1.54) is 0 Å². The van der Waals surface area contributed by atoms with Gasteiger partial charge in [0.25, 0.3) is 0 Å². The minimum atomic E-state index is -0.590. The molecule has 1 rings (SSSR count). The molecule has 0 atom stereocenters. The molecule has 124 valence electrons. The van der Waals surface area contributed by atoms with Crippen molar-refractivity contribution in [2.75, 3.05) is 40.3 Å². The molecular formula is C17H34N2O2. The lowest BCUT2D eigenvalue weighted by Gasteiger charge is -2.40. The van der Waals surface area contributed by atoms with Gasteiger partial charge in [-0.1, -0.05) is 20.8 Å². The molecule has 0 heterocycles. The summed E-state index contributed by atoms with van der Waals surface area (Å²) in [6, 6.07) is 0. The quantitative estimate of drug-likeness (QED) is 0.748. The summed E-state index contributed by atoms with van der Waals surface area (Å²) in [4.78, 5) is 16.4. The molecule has 0 aliphatic heterocycles. The van der Waals surface area contributed by atoms with Gasteiger partial charge in [-0.05, 0) is 51.6 Å². The normalized spacial score (nSPS) is 26.8. The van der Waals surface area contributed by atoms with E-state index in [-0.39, 0.29) is 0 Å². The molecular weight excluding hydrogens is 264 g/mol. The fraction of sp³-hybridized carbons (Fsp3) is 0.941. The lowest BCUT2D eigenvalue weighted by molar-refractivity contribution is -0.153. The lowest BCUT2D eigenvalue weighted by atomic mass is 9.70. The van der Waals surface area contributed by atoms with Gasteiger partial charge >= 0.3 is 5.97 Å². The highest BCUT2D eigenvalue weighted by Gasteiger charge is 2.42. The van der Waals surface area contributed by atoms with E-state index >= 15 is 0 Å². The SMILES string of the molecule is CC(C)CN(CCN(C)C)CC1(C(=O)O)CCC(C)CC1. The number of nitrogens with zero attached hydrogens (tertiary/aromatic N) is 2. The second kappa shape index (κ2) is 8.14. The lowest BCUT2D eigenvalue weighted by Crippen LogP contribution is -2.47. The van der Waals surface area contributed by atoms with Crippen molar-refractivity contribution >= 4 is 5.97 Å². The molecule has 0 saturated heterocycles. The average molecular weight is 298 g/mol.